The van der Waals surface area contributed by atoms with Gasteiger partial charge < -0.3 is 33.5 Å². The molecule has 2 aromatic carbocycles. The minimum absolute atomic E-state index is 0.0258. The number of esters is 5. The van der Waals surface area contributed by atoms with E-state index in [0.29, 0.717) is 0 Å². The summed E-state index contributed by atoms with van der Waals surface area (Å²) < 4.78 is 37.0. The molecule has 12 heteroatoms. The van der Waals surface area contributed by atoms with Crippen LogP contribution in [0.3, 0.4) is 0 Å². The fourth-order valence-corrected chi connectivity index (χ4v) is 8.01. The van der Waals surface area contributed by atoms with Gasteiger partial charge in [-0.3, -0.25) is 14.4 Å². The summed E-state index contributed by atoms with van der Waals surface area (Å²) in [5, 5.41) is 12.5. The molecule has 0 radical (unpaired) electrons. The number of fused-ring (bicyclic) bond motifs is 1. The zero-order valence-electron chi connectivity index (χ0n) is 27.2. The monoisotopic (exact) mass is 652 g/mol. The summed E-state index contributed by atoms with van der Waals surface area (Å²) in [6.07, 6.45) is -5.65. The molecule has 2 saturated carbocycles. The summed E-state index contributed by atoms with van der Waals surface area (Å²) >= 11 is 0. The molecule has 3 aliphatic rings. The second kappa shape index (κ2) is 12.4. The van der Waals surface area contributed by atoms with Gasteiger partial charge in [-0.25, -0.2) is 9.59 Å². The second-order valence-electron chi connectivity index (χ2n) is 13.2. The standard InChI is InChI=1S/C35H40O12/c1-20(36)42-19-34-25(45-30(39)23-13-9-7-10-14-23)17-18-33(6,41)35(34)28(44-22(3)38)26(32(4,5)47-35)27(43-21(2)37)29(34)46-31(40)24-15-11-8-12-16-24/h7-16,25-29,41H,17-19H2,1-6H3/t25?,26-,27?,28?,29?,33-,34+,35+/m1/s1. The van der Waals surface area contributed by atoms with Gasteiger partial charge in [-0.15, -0.1) is 0 Å². The SMILES string of the molecule is CC(=O)OC[C@@]12C(OC(=O)c3ccccc3)CC[C@@](C)(O)[C@]13OC(C)(C)[C@H](C(OC(C)=O)C2OC(=O)c1ccccc1)C3OC(C)=O. The average Bonchev–Trinajstić information content (AvgIpc) is 3.20. The van der Waals surface area contributed by atoms with E-state index in [9.17, 15) is 29.1 Å². The summed E-state index contributed by atoms with van der Waals surface area (Å²) in [6.45, 7) is 7.71. The number of hydrogen-bond donors (Lipinski definition) is 1. The molecule has 252 valence electrons. The maximum atomic E-state index is 13.9. The van der Waals surface area contributed by atoms with Crippen LogP contribution in [0, 0.1) is 11.3 Å². The van der Waals surface area contributed by atoms with Crippen molar-refractivity contribution in [3.8, 4) is 0 Å². The Hall–Kier alpha value is -4.29. The molecule has 12 nitrogen and oxygen atoms in total. The Kier molecular flexibility index (Phi) is 8.97. The fraction of sp³-hybridized carbons (Fsp3) is 0.514. The highest BCUT2D eigenvalue weighted by molar-refractivity contribution is 5.90. The van der Waals surface area contributed by atoms with Gasteiger partial charge in [-0.1, -0.05) is 36.4 Å². The fourth-order valence-electron chi connectivity index (χ4n) is 8.01. The van der Waals surface area contributed by atoms with Crippen LogP contribution in [0.2, 0.25) is 0 Å². The number of aliphatic hydroxyl groups is 1. The maximum absolute atomic E-state index is 13.9. The van der Waals surface area contributed by atoms with Crippen LogP contribution in [-0.2, 0) is 42.8 Å². The Morgan fingerprint density at radius 3 is 1.79 bits per heavy atom. The molecular weight excluding hydrogens is 612 g/mol. The molecule has 0 aromatic heterocycles. The van der Waals surface area contributed by atoms with Gasteiger partial charge in [-0.2, -0.15) is 0 Å². The third-order valence-corrected chi connectivity index (χ3v) is 9.68. The van der Waals surface area contributed by atoms with Gasteiger partial charge in [0.25, 0.3) is 0 Å². The van der Waals surface area contributed by atoms with Crippen molar-refractivity contribution in [2.24, 2.45) is 11.3 Å². The Balaban J connectivity index is 1.83. The van der Waals surface area contributed by atoms with E-state index >= 15 is 0 Å². The largest absolute Gasteiger partial charge is 0.465 e. The zero-order valence-corrected chi connectivity index (χ0v) is 27.2. The van der Waals surface area contributed by atoms with Crippen LogP contribution in [0.5, 0.6) is 0 Å². The van der Waals surface area contributed by atoms with E-state index in [0.717, 1.165) is 0 Å². The van der Waals surface area contributed by atoms with Crippen LogP contribution in [0.25, 0.3) is 0 Å². The lowest BCUT2D eigenvalue weighted by Crippen LogP contribution is -2.83. The first-order valence-corrected chi connectivity index (χ1v) is 15.5. The molecule has 4 unspecified atom stereocenters. The Morgan fingerprint density at radius 1 is 0.745 bits per heavy atom. The molecule has 1 heterocycles. The molecule has 2 aliphatic carbocycles. The van der Waals surface area contributed by atoms with E-state index in [1.54, 1.807) is 62.4 Å². The molecule has 1 saturated heterocycles. The van der Waals surface area contributed by atoms with Gasteiger partial charge in [-0.05, 0) is 57.9 Å². The smallest absolute Gasteiger partial charge is 0.338 e. The third-order valence-electron chi connectivity index (χ3n) is 9.68. The van der Waals surface area contributed by atoms with Crippen molar-refractivity contribution < 1.29 is 57.5 Å². The Morgan fingerprint density at radius 2 is 1.28 bits per heavy atom. The van der Waals surface area contributed by atoms with E-state index in [1.807, 2.05) is 0 Å². The number of benzene rings is 2. The molecule has 1 N–H and O–H groups in total. The molecule has 47 heavy (non-hydrogen) atoms. The molecule has 3 fully saturated rings. The van der Waals surface area contributed by atoms with Gasteiger partial charge in [0.05, 0.1) is 28.2 Å². The highest BCUT2D eigenvalue weighted by Crippen LogP contribution is 2.69. The number of carbonyl (C=O) groups is 5. The summed E-state index contributed by atoms with van der Waals surface area (Å²) in [6, 6.07) is 16.2. The predicted molar refractivity (Wildman–Crippen MR) is 163 cm³/mol. The van der Waals surface area contributed by atoms with Crippen molar-refractivity contribution in [2.75, 3.05) is 6.61 Å². The molecule has 0 amide bonds. The molecule has 2 bridgehead atoms. The van der Waals surface area contributed by atoms with Gasteiger partial charge in [0.1, 0.15) is 30.3 Å². The topological polar surface area (TPSA) is 161 Å². The minimum Gasteiger partial charge on any atom is -0.465 e. The van der Waals surface area contributed by atoms with E-state index < -0.39 is 89.0 Å². The normalized spacial score (nSPS) is 33.5. The molecule has 5 rings (SSSR count). The van der Waals surface area contributed by atoms with E-state index in [2.05, 4.69) is 0 Å². The zero-order chi connectivity index (χ0) is 34.4. The number of rotatable bonds is 8. The first kappa shape index (κ1) is 34.1. The number of carbonyl (C=O) groups excluding carboxylic acids is 5. The third kappa shape index (κ3) is 5.67. The molecule has 1 spiro atoms. The van der Waals surface area contributed by atoms with Gasteiger partial charge in [0.2, 0.25) is 0 Å². The molecule has 1 aliphatic heterocycles. The maximum Gasteiger partial charge on any atom is 0.338 e. The first-order chi connectivity index (χ1) is 22.1. The highest BCUT2D eigenvalue weighted by Gasteiger charge is 2.87. The van der Waals surface area contributed by atoms with Crippen LogP contribution < -0.4 is 0 Å². The lowest BCUT2D eigenvalue weighted by molar-refractivity contribution is -0.347. The van der Waals surface area contributed by atoms with Gasteiger partial charge in [0.15, 0.2) is 11.7 Å². The Bertz CT molecular complexity index is 1540. The number of ether oxygens (including phenoxy) is 6. The summed E-state index contributed by atoms with van der Waals surface area (Å²) in [5.41, 5.74) is -6.86. The van der Waals surface area contributed by atoms with E-state index in [4.69, 9.17) is 28.4 Å². The van der Waals surface area contributed by atoms with Crippen molar-refractivity contribution >= 4 is 29.8 Å². The van der Waals surface area contributed by atoms with Crippen molar-refractivity contribution in [3.05, 3.63) is 71.8 Å². The number of hydrogen-bond acceptors (Lipinski definition) is 12. The molecule has 8 atom stereocenters. The first-order valence-electron chi connectivity index (χ1n) is 15.5. The lowest BCUT2D eigenvalue weighted by atomic mass is 9.46. The van der Waals surface area contributed by atoms with E-state index in [-0.39, 0.29) is 24.0 Å². The van der Waals surface area contributed by atoms with Crippen molar-refractivity contribution in [3.63, 3.8) is 0 Å². The van der Waals surface area contributed by atoms with Crippen LogP contribution >= 0.6 is 0 Å². The summed E-state index contributed by atoms with van der Waals surface area (Å²) in [7, 11) is 0. The summed E-state index contributed by atoms with van der Waals surface area (Å²) in [4.78, 5) is 65.8. The van der Waals surface area contributed by atoms with Gasteiger partial charge >= 0.3 is 29.8 Å². The second-order valence-corrected chi connectivity index (χ2v) is 13.2. The van der Waals surface area contributed by atoms with Crippen LogP contribution in [0.4, 0.5) is 0 Å². The average molecular weight is 653 g/mol. The van der Waals surface area contributed by atoms with Crippen LogP contribution in [0.15, 0.2) is 60.7 Å². The summed E-state index contributed by atoms with van der Waals surface area (Å²) in [5.74, 6) is -4.82. The highest BCUT2D eigenvalue weighted by atomic mass is 16.6. The van der Waals surface area contributed by atoms with Crippen LogP contribution in [-0.4, -0.2) is 82.8 Å². The van der Waals surface area contributed by atoms with Gasteiger partial charge in [0, 0.05) is 20.8 Å². The molecular formula is C35H40O12. The quantitative estimate of drug-likeness (QED) is 0.327. The van der Waals surface area contributed by atoms with E-state index in [1.165, 1.54) is 39.8 Å². The van der Waals surface area contributed by atoms with Crippen molar-refractivity contribution in [1.82, 2.24) is 0 Å². The predicted octanol–water partition coefficient (Wildman–Crippen LogP) is 3.57. The van der Waals surface area contributed by atoms with Crippen molar-refractivity contribution in [2.45, 2.75) is 95.6 Å². The lowest BCUT2D eigenvalue weighted by Gasteiger charge is -2.65. The Labute approximate surface area is 272 Å². The van der Waals surface area contributed by atoms with Crippen molar-refractivity contribution in [1.29, 1.82) is 0 Å². The molecule has 2 aromatic rings. The minimum atomic E-state index is -2.03. The van der Waals surface area contributed by atoms with Crippen LogP contribution in [0.1, 0.15) is 75.1 Å².